The van der Waals surface area contributed by atoms with E-state index in [9.17, 15) is 14.4 Å². The van der Waals surface area contributed by atoms with Crippen LogP contribution >= 0.6 is 0 Å². The van der Waals surface area contributed by atoms with E-state index in [0.717, 1.165) is 29.5 Å². The minimum Gasteiger partial charge on any atom is -0.387 e. The number of carbonyl (C=O) groups is 2. The van der Waals surface area contributed by atoms with Gasteiger partial charge in [-0.05, 0) is 48.2 Å². The number of nitrogens with two attached hydrogens (primary N) is 1. The van der Waals surface area contributed by atoms with Crippen LogP contribution in [0.2, 0.25) is 0 Å². The zero-order valence-corrected chi connectivity index (χ0v) is 22.2. The third-order valence-electron chi connectivity index (χ3n) is 6.56. The van der Waals surface area contributed by atoms with Gasteiger partial charge in [0.15, 0.2) is 0 Å². The lowest BCUT2D eigenvalue weighted by Gasteiger charge is -2.22. The predicted molar refractivity (Wildman–Crippen MR) is 151 cm³/mol. The van der Waals surface area contributed by atoms with Crippen molar-refractivity contribution < 1.29 is 9.59 Å². The molecule has 0 bridgehead atoms. The second kappa shape index (κ2) is 11.9. The predicted octanol–water partition coefficient (Wildman–Crippen LogP) is 3.62. The molecule has 3 aromatic rings. The molecule has 1 aliphatic heterocycles. The highest BCUT2D eigenvalue weighted by Gasteiger charge is 2.21. The highest BCUT2D eigenvalue weighted by atomic mass is 16.2. The van der Waals surface area contributed by atoms with E-state index < -0.39 is 0 Å². The van der Waals surface area contributed by atoms with Gasteiger partial charge in [-0.3, -0.25) is 14.4 Å². The summed E-state index contributed by atoms with van der Waals surface area (Å²) in [4.78, 5) is 44.1. The summed E-state index contributed by atoms with van der Waals surface area (Å²) < 4.78 is 1.31. The molecule has 0 spiro atoms. The molecule has 198 valence electrons. The number of amides is 2. The highest BCUT2D eigenvalue weighted by molar-refractivity contribution is 6.05. The van der Waals surface area contributed by atoms with Crippen LogP contribution in [0.15, 0.2) is 58.0 Å². The van der Waals surface area contributed by atoms with Crippen LogP contribution in [0.3, 0.4) is 0 Å². The number of benzene rings is 2. The lowest BCUT2D eigenvalue weighted by atomic mass is 9.99. The minimum absolute atomic E-state index is 0.00628. The van der Waals surface area contributed by atoms with Gasteiger partial charge in [0.05, 0.1) is 23.8 Å². The van der Waals surface area contributed by atoms with Gasteiger partial charge in [-0.1, -0.05) is 32.0 Å². The number of nitrogens with zero attached hydrogens (tertiary/aromatic N) is 4. The van der Waals surface area contributed by atoms with E-state index in [0.29, 0.717) is 47.4 Å². The lowest BCUT2D eigenvalue weighted by Crippen LogP contribution is -2.34. The van der Waals surface area contributed by atoms with Crippen molar-refractivity contribution in [3.63, 3.8) is 0 Å². The van der Waals surface area contributed by atoms with Gasteiger partial charge < -0.3 is 16.0 Å². The van der Waals surface area contributed by atoms with Crippen molar-refractivity contribution in [3.8, 4) is 11.1 Å². The Hall–Kier alpha value is -4.27. The molecule has 2 heterocycles. The van der Waals surface area contributed by atoms with E-state index in [1.807, 2.05) is 41.3 Å². The summed E-state index contributed by atoms with van der Waals surface area (Å²) in [5.74, 6) is 0.256. The first-order valence-electron chi connectivity index (χ1n) is 13.0. The van der Waals surface area contributed by atoms with E-state index in [2.05, 4.69) is 29.3 Å². The Morgan fingerprint density at radius 1 is 1.08 bits per heavy atom. The number of hydrogen-bond donors (Lipinski definition) is 2. The molecule has 0 atom stereocenters. The normalized spacial score (nSPS) is 12.8. The number of aryl methyl sites for hydroxylation is 1. The maximum atomic E-state index is 13.2. The fourth-order valence-electron chi connectivity index (χ4n) is 4.62. The molecule has 2 aromatic carbocycles. The number of aliphatic imine (C=N–C) groups is 1. The average Bonchev–Trinajstić information content (AvgIpc) is 3.09. The van der Waals surface area contributed by atoms with E-state index in [4.69, 9.17) is 5.73 Å². The molecule has 0 radical (unpaired) electrons. The second-order valence-corrected chi connectivity index (χ2v) is 9.41. The van der Waals surface area contributed by atoms with Gasteiger partial charge in [-0.15, -0.1) is 0 Å². The summed E-state index contributed by atoms with van der Waals surface area (Å²) in [6.07, 6.45) is 5.82. The zero-order valence-electron chi connectivity index (χ0n) is 22.2. The van der Waals surface area contributed by atoms with Crippen LogP contribution in [0.5, 0.6) is 0 Å². The van der Waals surface area contributed by atoms with Crippen LogP contribution in [-0.2, 0) is 16.1 Å². The van der Waals surface area contributed by atoms with Gasteiger partial charge >= 0.3 is 0 Å². The van der Waals surface area contributed by atoms with Gasteiger partial charge in [-0.25, -0.2) is 9.67 Å². The fourth-order valence-corrected chi connectivity index (χ4v) is 4.62. The Labute approximate surface area is 222 Å². The van der Waals surface area contributed by atoms with Crippen molar-refractivity contribution in [1.29, 1.82) is 0 Å². The van der Waals surface area contributed by atoms with Gasteiger partial charge in [-0.2, -0.15) is 5.10 Å². The summed E-state index contributed by atoms with van der Waals surface area (Å²) >= 11 is 0. The number of fused-ring (bicyclic) bond motifs is 2. The molecule has 9 heteroatoms. The third kappa shape index (κ3) is 5.82. The summed E-state index contributed by atoms with van der Waals surface area (Å²) in [6, 6.07) is 11.4. The van der Waals surface area contributed by atoms with Crippen LogP contribution in [0.1, 0.15) is 45.1 Å². The van der Waals surface area contributed by atoms with E-state index in [-0.39, 0.29) is 30.3 Å². The Morgan fingerprint density at radius 3 is 2.50 bits per heavy atom. The standard InChI is InChI=1S/C29H34N6O3/c1-4-11-34(12-5-2)28(37)22-15-21-7-6-20(16-25(21)33-26(30)17-22)19-8-9-24-23(14-19)18-32-35(29(24)38)13-10-27(36)31-3/h6-9,14-16,18H,4-5,10-13,17H2,1-3H3,(H2,30,33)(H,31,36). The maximum Gasteiger partial charge on any atom is 0.274 e. The molecule has 1 aliphatic rings. The molecule has 9 nitrogen and oxygen atoms in total. The SMILES string of the molecule is CCCN(CCC)C(=O)C1=Cc2ccc(-c3ccc4c(=O)n(CCC(=O)NC)ncc4c3)cc2N=C(N)C1. The first kappa shape index (κ1) is 26.8. The van der Waals surface area contributed by atoms with Crippen molar-refractivity contribution >= 4 is 40.2 Å². The zero-order chi connectivity index (χ0) is 27.2. The highest BCUT2D eigenvalue weighted by Crippen LogP contribution is 2.33. The Balaban J connectivity index is 1.65. The molecule has 0 saturated carbocycles. The Morgan fingerprint density at radius 2 is 1.79 bits per heavy atom. The molecular weight excluding hydrogens is 480 g/mol. The molecule has 0 fully saturated rings. The van der Waals surface area contributed by atoms with Gasteiger partial charge in [0.2, 0.25) is 11.8 Å². The van der Waals surface area contributed by atoms with Gasteiger partial charge in [0, 0.05) is 49.5 Å². The van der Waals surface area contributed by atoms with Crippen LogP contribution < -0.4 is 16.6 Å². The Kier molecular flexibility index (Phi) is 8.35. The lowest BCUT2D eigenvalue weighted by molar-refractivity contribution is -0.127. The second-order valence-electron chi connectivity index (χ2n) is 9.41. The van der Waals surface area contributed by atoms with Crippen LogP contribution in [-0.4, -0.2) is 52.5 Å². The average molecular weight is 515 g/mol. The molecule has 0 saturated heterocycles. The molecule has 3 N–H and O–H groups in total. The van der Waals surface area contributed by atoms with Crippen molar-refractivity contribution in [2.75, 3.05) is 20.1 Å². The van der Waals surface area contributed by atoms with Crippen molar-refractivity contribution in [2.45, 2.75) is 46.1 Å². The number of carbonyl (C=O) groups excluding carboxylic acids is 2. The first-order valence-corrected chi connectivity index (χ1v) is 13.0. The van der Waals surface area contributed by atoms with E-state index >= 15 is 0 Å². The Bertz CT molecular complexity index is 1480. The number of amidine groups is 1. The summed E-state index contributed by atoms with van der Waals surface area (Å²) in [5, 5.41) is 8.04. The number of hydrogen-bond acceptors (Lipinski definition) is 6. The molecule has 2 amide bonds. The van der Waals surface area contributed by atoms with Crippen molar-refractivity contribution in [3.05, 3.63) is 64.1 Å². The first-order chi connectivity index (χ1) is 18.3. The summed E-state index contributed by atoms with van der Waals surface area (Å²) in [7, 11) is 1.56. The van der Waals surface area contributed by atoms with Gasteiger partial charge in [0.1, 0.15) is 5.84 Å². The molecule has 0 unspecified atom stereocenters. The van der Waals surface area contributed by atoms with Crippen LogP contribution in [0, 0.1) is 0 Å². The van der Waals surface area contributed by atoms with Crippen LogP contribution in [0.4, 0.5) is 5.69 Å². The molecule has 4 rings (SSSR count). The number of aromatic nitrogens is 2. The largest absolute Gasteiger partial charge is 0.387 e. The third-order valence-corrected chi connectivity index (χ3v) is 6.56. The van der Waals surface area contributed by atoms with Crippen LogP contribution in [0.25, 0.3) is 28.0 Å². The number of rotatable bonds is 9. The van der Waals surface area contributed by atoms with Crippen molar-refractivity contribution in [1.82, 2.24) is 20.0 Å². The quantitative estimate of drug-likeness (QED) is 0.452. The molecule has 38 heavy (non-hydrogen) atoms. The molecular formula is C29H34N6O3. The van der Waals surface area contributed by atoms with E-state index in [1.54, 1.807) is 19.3 Å². The molecule has 0 aliphatic carbocycles. The summed E-state index contributed by atoms with van der Waals surface area (Å²) in [5.41, 5.74) is 10.00. The topological polar surface area (TPSA) is 123 Å². The van der Waals surface area contributed by atoms with Gasteiger partial charge in [0.25, 0.3) is 5.56 Å². The van der Waals surface area contributed by atoms with Crippen molar-refractivity contribution in [2.24, 2.45) is 10.7 Å². The molecule has 1 aromatic heterocycles. The van der Waals surface area contributed by atoms with E-state index in [1.165, 1.54) is 4.68 Å². The smallest absolute Gasteiger partial charge is 0.274 e. The fraction of sp³-hybridized carbons (Fsp3) is 0.345. The minimum atomic E-state index is -0.236. The summed E-state index contributed by atoms with van der Waals surface area (Å²) in [6.45, 7) is 5.77. The number of nitrogens with one attached hydrogen (secondary N) is 1. The monoisotopic (exact) mass is 514 g/mol. The maximum absolute atomic E-state index is 13.2.